The lowest BCUT2D eigenvalue weighted by atomic mass is 9.94. The van der Waals surface area contributed by atoms with E-state index in [0.29, 0.717) is 51.7 Å². The fourth-order valence-corrected chi connectivity index (χ4v) is 5.21. The van der Waals surface area contributed by atoms with Crippen LogP contribution in [0.15, 0.2) is 78.0 Å². The minimum Gasteiger partial charge on any atom is -0.475 e. The maximum atomic E-state index is 13.6. The second-order valence-corrected chi connectivity index (χ2v) is 9.70. The molecule has 7 rings (SSSR count). The van der Waals surface area contributed by atoms with E-state index in [4.69, 9.17) is 25.2 Å². The summed E-state index contributed by atoms with van der Waals surface area (Å²) in [5.41, 5.74) is 11.5. The summed E-state index contributed by atoms with van der Waals surface area (Å²) in [4.78, 5) is 30.3. The van der Waals surface area contributed by atoms with Crippen LogP contribution >= 0.6 is 0 Å². The largest absolute Gasteiger partial charge is 0.475 e. The Labute approximate surface area is 228 Å². The third kappa shape index (κ3) is 4.24. The minimum absolute atomic E-state index is 0.0630. The normalized spacial score (nSPS) is 15.2. The van der Waals surface area contributed by atoms with Gasteiger partial charge >= 0.3 is 0 Å². The second-order valence-electron chi connectivity index (χ2n) is 9.70. The van der Waals surface area contributed by atoms with E-state index in [0.717, 1.165) is 41.5 Å². The second kappa shape index (κ2) is 9.90. The topological polar surface area (TPSA) is 145 Å². The summed E-state index contributed by atoms with van der Waals surface area (Å²) in [7, 11) is 0. The Bertz CT molecular complexity index is 1910. The highest BCUT2D eigenvalue weighted by Gasteiger charge is 2.21. The van der Waals surface area contributed by atoms with Gasteiger partial charge in [-0.15, -0.1) is 0 Å². The smallest absolute Gasteiger partial charge is 0.261 e. The van der Waals surface area contributed by atoms with Crippen molar-refractivity contribution in [2.24, 2.45) is 0 Å². The van der Waals surface area contributed by atoms with Crippen molar-refractivity contribution in [3.05, 3.63) is 83.5 Å². The zero-order valence-electron chi connectivity index (χ0n) is 21.4. The molecule has 1 aliphatic heterocycles. The fraction of sp³-hybridized carbons (Fsp3) is 0.167. The highest BCUT2D eigenvalue weighted by molar-refractivity contribution is 6.09. The lowest BCUT2D eigenvalue weighted by molar-refractivity contribution is 0.0664. The molecule has 10 nitrogen and oxygen atoms in total. The highest BCUT2D eigenvalue weighted by atomic mass is 16.5. The highest BCUT2D eigenvalue weighted by Crippen LogP contribution is 2.40. The Morgan fingerprint density at radius 3 is 2.75 bits per heavy atom. The van der Waals surface area contributed by atoms with E-state index in [2.05, 4.69) is 20.2 Å². The minimum atomic E-state index is -0.345. The number of anilines is 1. The molecule has 1 aliphatic rings. The molecule has 0 saturated carbocycles. The number of nitrogens with zero attached hydrogens (tertiary/aromatic N) is 4. The number of pyridine rings is 2. The zero-order chi connectivity index (χ0) is 27.1. The summed E-state index contributed by atoms with van der Waals surface area (Å²) in [6.07, 6.45) is 7.12. The van der Waals surface area contributed by atoms with Gasteiger partial charge in [-0.3, -0.25) is 14.9 Å². The molecule has 1 fully saturated rings. The molecular weight excluding hydrogens is 506 g/mol. The van der Waals surface area contributed by atoms with Crippen molar-refractivity contribution in [1.82, 2.24) is 30.1 Å². The molecule has 0 aliphatic carbocycles. The molecular formula is C30H25N7O3. The Morgan fingerprint density at radius 2 is 1.90 bits per heavy atom. The molecule has 6 aromatic rings. The quantitative estimate of drug-likeness (QED) is 0.262. The number of aromatic nitrogens is 6. The predicted octanol–water partition coefficient (Wildman–Crippen LogP) is 4.73. The van der Waals surface area contributed by atoms with Gasteiger partial charge in [-0.2, -0.15) is 5.10 Å². The van der Waals surface area contributed by atoms with E-state index in [1.165, 1.54) is 0 Å². The van der Waals surface area contributed by atoms with Crippen molar-refractivity contribution in [3.8, 4) is 39.7 Å². The summed E-state index contributed by atoms with van der Waals surface area (Å²) >= 11 is 0. The predicted molar refractivity (Wildman–Crippen MR) is 153 cm³/mol. The first-order chi connectivity index (χ1) is 19.7. The molecule has 0 radical (unpaired) electrons. The van der Waals surface area contributed by atoms with Crippen molar-refractivity contribution in [1.29, 1.82) is 0 Å². The number of H-pyrrole nitrogens is 2. The van der Waals surface area contributed by atoms with Gasteiger partial charge in [0, 0.05) is 47.1 Å². The molecule has 198 valence electrons. The van der Waals surface area contributed by atoms with Gasteiger partial charge in [-0.1, -0.05) is 18.2 Å². The number of nitrogens with two attached hydrogens (primary N) is 1. The average Bonchev–Trinajstić information content (AvgIpc) is 3.69. The third-order valence-electron chi connectivity index (χ3n) is 7.19. The third-order valence-corrected chi connectivity index (χ3v) is 7.19. The number of rotatable bonds is 6. The summed E-state index contributed by atoms with van der Waals surface area (Å²) in [5, 5.41) is 8.37. The van der Waals surface area contributed by atoms with Crippen LogP contribution in [-0.4, -0.2) is 49.5 Å². The van der Waals surface area contributed by atoms with Crippen molar-refractivity contribution in [2.75, 3.05) is 18.9 Å². The van der Waals surface area contributed by atoms with E-state index in [-0.39, 0.29) is 11.7 Å². The number of aromatic amines is 2. The van der Waals surface area contributed by atoms with Gasteiger partial charge in [-0.25, -0.2) is 9.97 Å². The molecule has 4 aromatic heterocycles. The van der Waals surface area contributed by atoms with Gasteiger partial charge in [0.15, 0.2) is 0 Å². The van der Waals surface area contributed by atoms with Crippen molar-refractivity contribution >= 4 is 27.5 Å². The summed E-state index contributed by atoms with van der Waals surface area (Å²) in [5.74, 6) is 0.881. The van der Waals surface area contributed by atoms with Crippen LogP contribution in [-0.2, 0) is 4.74 Å². The first-order valence-corrected chi connectivity index (χ1v) is 13.1. The van der Waals surface area contributed by atoms with E-state index in [1.807, 2.05) is 42.5 Å². The lowest BCUT2D eigenvalue weighted by Gasteiger charge is -2.16. The van der Waals surface area contributed by atoms with Gasteiger partial charge in [-0.05, 0) is 48.7 Å². The molecule has 0 bridgehead atoms. The molecule has 1 saturated heterocycles. The number of nitrogens with one attached hydrogen (secondary N) is 2. The maximum Gasteiger partial charge on any atom is 0.261 e. The average molecular weight is 532 g/mol. The van der Waals surface area contributed by atoms with Crippen LogP contribution in [0.4, 0.5) is 5.69 Å². The van der Waals surface area contributed by atoms with Crippen molar-refractivity contribution in [2.45, 2.75) is 18.9 Å². The molecule has 2 aromatic carbocycles. The van der Waals surface area contributed by atoms with Crippen LogP contribution in [0.3, 0.4) is 0 Å². The van der Waals surface area contributed by atoms with E-state index < -0.39 is 0 Å². The SMILES string of the molecule is Nc1c(-c2cccc3[nH]ncc23)cc(-c2cccc(OC[C@@H]3CCCO3)n2)c2nc(-c3ccncc3)[nH]c(=O)c12. The fourth-order valence-electron chi connectivity index (χ4n) is 5.21. The molecule has 40 heavy (non-hydrogen) atoms. The molecule has 0 unspecified atom stereocenters. The summed E-state index contributed by atoms with van der Waals surface area (Å²) in [6.45, 7) is 1.18. The van der Waals surface area contributed by atoms with Gasteiger partial charge in [0.25, 0.3) is 5.56 Å². The van der Waals surface area contributed by atoms with Crippen LogP contribution < -0.4 is 16.0 Å². The summed E-state index contributed by atoms with van der Waals surface area (Å²) in [6, 6.07) is 16.9. The Morgan fingerprint density at radius 1 is 1.02 bits per heavy atom. The molecule has 0 amide bonds. The maximum absolute atomic E-state index is 13.6. The molecule has 1 atom stereocenters. The van der Waals surface area contributed by atoms with Gasteiger partial charge < -0.3 is 20.2 Å². The first kappa shape index (κ1) is 24.0. The van der Waals surface area contributed by atoms with Crippen LogP contribution in [0.2, 0.25) is 0 Å². The van der Waals surface area contributed by atoms with Crippen molar-refractivity contribution in [3.63, 3.8) is 0 Å². The lowest BCUT2D eigenvalue weighted by Crippen LogP contribution is -2.16. The Kier molecular flexibility index (Phi) is 5.94. The molecule has 0 spiro atoms. The number of hydrogen-bond donors (Lipinski definition) is 3. The molecule has 4 N–H and O–H groups in total. The van der Waals surface area contributed by atoms with Gasteiger partial charge in [0.2, 0.25) is 5.88 Å². The Hall–Kier alpha value is -5.09. The van der Waals surface area contributed by atoms with Gasteiger partial charge in [0.1, 0.15) is 12.4 Å². The van der Waals surface area contributed by atoms with Crippen LogP contribution in [0.1, 0.15) is 12.8 Å². The monoisotopic (exact) mass is 531 g/mol. The van der Waals surface area contributed by atoms with E-state index >= 15 is 0 Å². The number of benzene rings is 2. The van der Waals surface area contributed by atoms with E-state index in [1.54, 1.807) is 30.7 Å². The Balaban J connectivity index is 1.45. The number of fused-ring (bicyclic) bond motifs is 2. The number of nitrogen functional groups attached to an aromatic ring is 1. The first-order valence-electron chi connectivity index (χ1n) is 13.1. The summed E-state index contributed by atoms with van der Waals surface area (Å²) < 4.78 is 11.7. The molecule has 5 heterocycles. The molecule has 10 heteroatoms. The van der Waals surface area contributed by atoms with Gasteiger partial charge in [0.05, 0.1) is 40.1 Å². The van der Waals surface area contributed by atoms with Crippen molar-refractivity contribution < 1.29 is 9.47 Å². The van der Waals surface area contributed by atoms with Crippen LogP contribution in [0.5, 0.6) is 5.88 Å². The number of hydrogen-bond acceptors (Lipinski definition) is 8. The van der Waals surface area contributed by atoms with Crippen LogP contribution in [0.25, 0.3) is 55.6 Å². The van der Waals surface area contributed by atoms with E-state index in [9.17, 15) is 4.79 Å². The number of ether oxygens (including phenoxy) is 2. The van der Waals surface area contributed by atoms with Crippen LogP contribution in [0, 0.1) is 0 Å². The zero-order valence-corrected chi connectivity index (χ0v) is 21.4. The standard InChI is InChI=1S/C30H25N7O3/c31-27-20(19-5-1-7-24-22(19)15-33-37-24)14-21(23-6-2-8-25(34-23)40-16-18-4-3-13-39-18)28-26(27)30(38)36-29(35-28)17-9-11-32-12-10-17/h1-2,5-12,14-15,18H,3-4,13,16,31H2,(H,33,37)(H,35,36,38)/t18-/m0/s1.